The van der Waals surface area contributed by atoms with Crippen LogP contribution < -0.4 is 0 Å². The van der Waals surface area contributed by atoms with Gasteiger partial charge in [-0.1, -0.05) is 19.8 Å². The molecule has 0 aliphatic rings. The van der Waals surface area contributed by atoms with Crippen LogP contribution in [0, 0.1) is 0 Å². The van der Waals surface area contributed by atoms with Crippen LogP contribution in [-0.4, -0.2) is 43.5 Å². The summed E-state index contributed by atoms with van der Waals surface area (Å²) in [5.74, 6) is -1.54. The Kier molecular flexibility index (Phi) is 12.6. The summed E-state index contributed by atoms with van der Waals surface area (Å²) in [4.78, 5) is 44.3. The van der Waals surface area contributed by atoms with Gasteiger partial charge in [0.1, 0.15) is 6.61 Å². The molecule has 0 rings (SSSR count). The molecular weight excluding hydrogens is 304 g/mol. The van der Waals surface area contributed by atoms with E-state index in [4.69, 9.17) is 14.2 Å². The maximum atomic E-state index is 11.4. The summed E-state index contributed by atoms with van der Waals surface area (Å²) in [6.07, 6.45) is 4.05. The van der Waals surface area contributed by atoms with Gasteiger partial charge in [-0.2, -0.15) is 0 Å². The van der Waals surface area contributed by atoms with E-state index in [0.29, 0.717) is 19.4 Å². The number of unbranched alkanes of at least 4 members (excludes halogenated alkanes) is 3. The number of rotatable bonds is 13. The minimum atomic E-state index is -0.538. The first-order chi connectivity index (χ1) is 11.0. The lowest BCUT2D eigenvalue weighted by Crippen LogP contribution is -2.16. The topological polar surface area (TPSA) is 96.0 Å². The molecule has 132 valence electrons. The summed E-state index contributed by atoms with van der Waals surface area (Å²) < 4.78 is 14.3. The predicted molar refractivity (Wildman–Crippen MR) is 81.6 cm³/mol. The molecule has 7 nitrogen and oxygen atoms in total. The van der Waals surface area contributed by atoms with E-state index >= 15 is 0 Å². The molecule has 0 heterocycles. The van der Waals surface area contributed by atoms with E-state index in [-0.39, 0.29) is 37.8 Å². The quantitative estimate of drug-likeness (QED) is 0.289. The van der Waals surface area contributed by atoms with Crippen LogP contribution >= 0.6 is 0 Å². The number of Topliss-reactive ketones (excluding diaryl/α,β-unsaturated/α-hetero) is 1. The van der Waals surface area contributed by atoms with Gasteiger partial charge in [0.25, 0.3) is 0 Å². The fraction of sp³-hybridized carbons (Fsp3) is 0.750. The number of ether oxygens (including phenoxy) is 3. The molecule has 0 aromatic carbocycles. The lowest BCUT2D eigenvalue weighted by Gasteiger charge is -2.05. The van der Waals surface area contributed by atoms with E-state index in [1.54, 1.807) is 0 Å². The molecule has 0 aromatic heterocycles. The minimum Gasteiger partial charge on any atom is -0.463 e. The molecule has 7 heteroatoms. The van der Waals surface area contributed by atoms with Crippen molar-refractivity contribution in [3.8, 4) is 0 Å². The molecule has 0 aromatic rings. The smallest absolute Gasteiger partial charge is 0.344 e. The van der Waals surface area contributed by atoms with Gasteiger partial charge in [0.05, 0.1) is 6.61 Å². The molecule has 0 radical (unpaired) electrons. The molecule has 0 fully saturated rings. The van der Waals surface area contributed by atoms with E-state index in [1.807, 2.05) is 6.92 Å². The van der Waals surface area contributed by atoms with Crippen LogP contribution in [0.4, 0.5) is 0 Å². The highest BCUT2D eigenvalue weighted by atomic mass is 16.6. The highest BCUT2D eigenvalue weighted by molar-refractivity contribution is 5.80. The van der Waals surface area contributed by atoms with E-state index in [0.717, 1.165) is 19.3 Å². The predicted octanol–water partition coefficient (Wildman–Crippen LogP) is 1.96. The molecular formula is C16H26O7. The van der Waals surface area contributed by atoms with Crippen LogP contribution in [-0.2, 0) is 33.4 Å². The second-order valence-electron chi connectivity index (χ2n) is 5.16. The van der Waals surface area contributed by atoms with E-state index < -0.39 is 11.9 Å². The van der Waals surface area contributed by atoms with Crippen molar-refractivity contribution >= 4 is 23.7 Å². The van der Waals surface area contributed by atoms with Crippen molar-refractivity contribution < 1.29 is 33.4 Å². The van der Waals surface area contributed by atoms with Crippen molar-refractivity contribution in [1.29, 1.82) is 0 Å². The van der Waals surface area contributed by atoms with Gasteiger partial charge in [-0.3, -0.25) is 14.4 Å². The van der Waals surface area contributed by atoms with Gasteiger partial charge >= 0.3 is 17.9 Å². The number of hydrogen-bond acceptors (Lipinski definition) is 7. The first-order valence-electron chi connectivity index (χ1n) is 7.92. The van der Waals surface area contributed by atoms with Crippen LogP contribution in [0.25, 0.3) is 0 Å². The van der Waals surface area contributed by atoms with Crippen LogP contribution in [0.1, 0.15) is 58.8 Å². The molecule has 0 unspecified atom stereocenters. The van der Waals surface area contributed by atoms with Crippen LogP contribution in [0.5, 0.6) is 0 Å². The SMILES string of the molecule is CCCOC(=O)COC(=O)CCCCCCC(=O)OCC(C)=O. The fourth-order valence-electron chi connectivity index (χ4n) is 1.62. The molecule has 0 N–H and O–H groups in total. The normalized spacial score (nSPS) is 10.0. The Morgan fingerprint density at radius 1 is 0.696 bits per heavy atom. The van der Waals surface area contributed by atoms with Gasteiger partial charge in [0.15, 0.2) is 12.4 Å². The van der Waals surface area contributed by atoms with Gasteiger partial charge < -0.3 is 14.2 Å². The van der Waals surface area contributed by atoms with Gasteiger partial charge in [0.2, 0.25) is 0 Å². The van der Waals surface area contributed by atoms with Gasteiger partial charge in [-0.05, 0) is 26.2 Å². The number of esters is 3. The van der Waals surface area contributed by atoms with E-state index in [2.05, 4.69) is 0 Å². The van der Waals surface area contributed by atoms with Crippen LogP contribution in [0.2, 0.25) is 0 Å². The minimum absolute atomic E-state index is 0.175. The third kappa shape index (κ3) is 14.8. The lowest BCUT2D eigenvalue weighted by atomic mass is 10.1. The van der Waals surface area contributed by atoms with E-state index in [9.17, 15) is 19.2 Å². The highest BCUT2D eigenvalue weighted by Gasteiger charge is 2.08. The second kappa shape index (κ2) is 13.7. The van der Waals surface area contributed by atoms with Gasteiger partial charge in [-0.25, -0.2) is 4.79 Å². The molecule has 0 saturated heterocycles. The zero-order valence-electron chi connectivity index (χ0n) is 13.9. The average Bonchev–Trinajstić information content (AvgIpc) is 2.52. The average molecular weight is 330 g/mol. The summed E-state index contributed by atoms with van der Waals surface area (Å²) in [5.41, 5.74) is 0. The summed E-state index contributed by atoms with van der Waals surface area (Å²) in [7, 11) is 0. The molecule has 0 saturated carbocycles. The van der Waals surface area contributed by atoms with Crippen molar-refractivity contribution in [3.05, 3.63) is 0 Å². The molecule has 23 heavy (non-hydrogen) atoms. The zero-order valence-corrected chi connectivity index (χ0v) is 13.9. The Balaban J connectivity index is 3.46. The summed E-state index contributed by atoms with van der Waals surface area (Å²) in [6, 6.07) is 0. The molecule has 0 aliphatic heterocycles. The van der Waals surface area contributed by atoms with Crippen molar-refractivity contribution in [1.82, 2.24) is 0 Å². The maximum absolute atomic E-state index is 11.4. The molecule has 0 amide bonds. The largest absolute Gasteiger partial charge is 0.463 e. The molecule has 0 spiro atoms. The van der Waals surface area contributed by atoms with Gasteiger partial charge in [0, 0.05) is 12.8 Å². The Labute approximate surface area is 136 Å². The van der Waals surface area contributed by atoms with Crippen LogP contribution in [0.3, 0.4) is 0 Å². The lowest BCUT2D eigenvalue weighted by molar-refractivity contribution is -0.158. The Hall–Kier alpha value is -1.92. The second-order valence-corrected chi connectivity index (χ2v) is 5.16. The third-order valence-corrected chi connectivity index (χ3v) is 2.77. The third-order valence-electron chi connectivity index (χ3n) is 2.77. The fourth-order valence-corrected chi connectivity index (χ4v) is 1.62. The van der Waals surface area contributed by atoms with E-state index in [1.165, 1.54) is 6.92 Å². The number of carbonyl (C=O) groups is 4. The van der Waals surface area contributed by atoms with Crippen molar-refractivity contribution in [2.75, 3.05) is 19.8 Å². The van der Waals surface area contributed by atoms with Crippen molar-refractivity contribution in [2.24, 2.45) is 0 Å². The Morgan fingerprint density at radius 3 is 1.70 bits per heavy atom. The standard InChI is InChI=1S/C16H26O7/c1-3-10-21-16(20)12-23-15(19)9-7-5-4-6-8-14(18)22-11-13(2)17/h3-12H2,1-2H3. The number of carbonyl (C=O) groups excluding carboxylic acids is 4. The number of hydrogen-bond donors (Lipinski definition) is 0. The monoisotopic (exact) mass is 330 g/mol. The first kappa shape index (κ1) is 21.1. The van der Waals surface area contributed by atoms with Crippen molar-refractivity contribution in [3.63, 3.8) is 0 Å². The summed E-state index contributed by atoms with van der Waals surface area (Å²) in [6.45, 7) is 3.04. The maximum Gasteiger partial charge on any atom is 0.344 e. The van der Waals surface area contributed by atoms with Gasteiger partial charge in [-0.15, -0.1) is 0 Å². The summed E-state index contributed by atoms with van der Waals surface area (Å²) >= 11 is 0. The van der Waals surface area contributed by atoms with Crippen LogP contribution in [0.15, 0.2) is 0 Å². The molecule has 0 atom stereocenters. The first-order valence-corrected chi connectivity index (χ1v) is 7.92. The molecule has 0 aliphatic carbocycles. The highest BCUT2D eigenvalue weighted by Crippen LogP contribution is 2.07. The molecule has 0 bridgehead atoms. The van der Waals surface area contributed by atoms with Crippen molar-refractivity contribution in [2.45, 2.75) is 58.8 Å². The summed E-state index contributed by atoms with van der Waals surface area (Å²) in [5, 5.41) is 0. The Bertz CT molecular complexity index is 390. The zero-order chi connectivity index (χ0) is 17.5. The number of ketones is 1. The Morgan fingerprint density at radius 2 is 1.22 bits per heavy atom.